The second-order valence-corrected chi connectivity index (χ2v) is 7.31. The molecule has 0 saturated carbocycles. The fraction of sp³-hybridized carbons (Fsp3) is 0.167. The Morgan fingerprint density at radius 2 is 1.48 bits per heavy atom. The largest absolute Gasteiger partial charge is 0.475 e. The smallest absolute Gasteiger partial charge is 0.217 e. The van der Waals surface area contributed by atoms with Crippen molar-refractivity contribution in [1.29, 1.82) is 0 Å². The summed E-state index contributed by atoms with van der Waals surface area (Å²) in [5.74, 6) is 0.512. The van der Waals surface area contributed by atoms with Gasteiger partial charge in [-0.2, -0.15) is 0 Å². The number of carbonyl (C=O) groups excluding carboxylic acids is 1. The molecule has 3 heteroatoms. The van der Waals surface area contributed by atoms with Gasteiger partial charge in [0.15, 0.2) is 5.78 Å². The maximum Gasteiger partial charge on any atom is 0.217 e. The highest BCUT2D eigenvalue weighted by molar-refractivity contribution is 6.19. The molecule has 1 aliphatic rings. The van der Waals surface area contributed by atoms with Gasteiger partial charge >= 0.3 is 0 Å². The summed E-state index contributed by atoms with van der Waals surface area (Å²) in [6.45, 7) is 4.57. The van der Waals surface area contributed by atoms with E-state index in [1.807, 2.05) is 92.7 Å². The Balaban J connectivity index is 1.94. The van der Waals surface area contributed by atoms with Crippen molar-refractivity contribution in [2.75, 3.05) is 6.61 Å². The predicted octanol–water partition coefficient (Wildman–Crippen LogP) is 5.14. The van der Waals surface area contributed by atoms with Gasteiger partial charge in [-0.15, -0.1) is 0 Å². The van der Waals surface area contributed by atoms with Crippen LogP contribution in [0.3, 0.4) is 0 Å². The second kappa shape index (κ2) is 6.84. The number of benzene rings is 3. The lowest BCUT2D eigenvalue weighted by molar-refractivity contribution is 0.103. The molecule has 0 aromatic heterocycles. The Morgan fingerprint density at radius 1 is 0.852 bits per heavy atom. The maximum absolute atomic E-state index is 13.5. The molecule has 3 aromatic carbocycles. The van der Waals surface area contributed by atoms with Crippen LogP contribution in [-0.4, -0.2) is 23.8 Å². The Hall–Kier alpha value is -3.20. The van der Waals surface area contributed by atoms with Crippen LogP contribution >= 0.6 is 0 Å². The summed E-state index contributed by atoms with van der Waals surface area (Å²) < 4.78 is 5.87. The average molecular weight is 355 g/mol. The van der Waals surface area contributed by atoms with Gasteiger partial charge in [0.05, 0.1) is 5.54 Å². The number of hydrogen-bond acceptors (Lipinski definition) is 3. The van der Waals surface area contributed by atoms with E-state index in [2.05, 4.69) is 0 Å². The number of hydrogen-bond donors (Lipinski definition) is 0. The number of nitrogens with zero attached hydrogens (tertiary/aromatic N) is 1. The van der Waals surface area contributed by atoms with Crippen molar-refractivity contribution in [1.82, 2.24) is 0 Å². The first-order valence-electron chi connectivity index (χ1n) is 9.06. The topological polar surface area (TPSA) is 38.7 Å². The van der Waals surface area contributed by atoms with Gasteiger partial charge in [0, 0.05) is 16.7 Å². The zero-order valence-corrected chi connectivity index (χ0v) is 15.5. The zero-order valence-electron chi connectivity index (χ0n) is 15.5. The van der Waals surface area contributed by atoms with Crippen LogP contribution in [0, 0.1) is 0 Å². The van der Waals surface area contributed by atoms with Gasteiger partial charge in [-0.25, -0.2) is 4.99 Å². The molecular weight excluding hydrogens is 334 g/mol. The lowest BCUT2D eigenvalue weighted by atomic mass is 9.90. The highest BCUT2D eigenvalue weighted by atomic mass is 16.5. The van der Waals surface area contributed by atoms with Crippen molar-refractivity contribution < 1.29 is 9.53 Å². The molecule has 3 aromatic rings. The van der Waals surface area contributed by atoms with Gasteiger partial charge in [-0.3, -0.25) is 4.79 Å². The van der Waals surface area contributed by atoms with E-state index in [0.29, 0.717) is 23.6 Å². The van der Waals surface area contributed by atoms with Crippen molar-refractivity contribution >= 4 is 11.7 Å². The Bertz CT molecular complexity index is 1010. The van der Waals surface area contributed by atoms with Crippen molar-refractivity contribution in [2.45, 2.75) is 19.4 Å². The molecule has 4 rings (SSSR count). The molecule has 0 atom stereocenters. The van der Waals surface area contributed by atoms with Gasteiger partial charge in [0.25, 0.3) is 0 Å². The van der Waals surface area contributed by atoms with E-state index in [1.54, 1.807) is 0 Å². The van der Waals surface area contributed by atoms with Crippen LogP contribution in [0.25, 0.3) is 11.1 Å². The predicted molar refractivity (Wildman–Crippen MR) is 108 cm³/mol. The van der Waals surface area contributed by atoms with Crippen LogP contribution in [-0.2, 0) is 4.74 Å². The zero-order chi connectivity index (χ0) is 18.9. The minimum absolute atomic E-state index is 0.0268. The molecule has 0 saturated heterocycles. The fourth-order valence-corrected chi connectivity index (χ4v) is 3.29. The minimum Gasteiger partial charge on any atom is -0.475 e. The number of ether oxygens (including phenoxy) is 1. The van der Waals surface area contributed by atoms with Gasteiger partial charge in [0.1, 0.15) is 6.61 Å². The van der Waals surface area contributed by atoms with Crippen LogP contribution < -0.4 is 0 Å². The highest BCUT2D eigenvalue weighted by Gasteiger charge is 2.30. The monoisotopic (exact) mass is 355 g/mol. The number of aliphatic imine (C=N–C) groups is 1. The van der Waals surface area contributed by atoms with Crippen LogP contribution in [0.2, 0.25) is 0 Å². The van der Waals surface area contributed by atoms with Gasteiger partial charge < -0.3 is 4.74 Å². The molecule has 0 bridgehead atoms. The van der Waals surface area contributed by atoms with E-state index in [-0.39, 0.29) is 11.3 Å². The summed E-state index contributed by atoms with van der Waals surface area (Å²) in [5, 5.41) is 0. The molecule has 0 aliphatic carbocycles. The lowest BCUT2D eigenvalue weighted by Crippen LogP contribution is -2.17. The third-order valence-electron chi connectivity index (χ3n) is 4.61. The first-order chi connectivity index (χ1) is 13.1. The quantitative estimate of drug-likeness (QED) is 0.608. The molecule has 134 valence electrons. The van der Waals surface area contributed by atoms with Gasteiger partial charge in [0.2, 0.25) is 5.90 Å². The molecule has 1 heterocycles. The third kappa shape index (κ3) is 3.41. The molecule has 0 fully saturated rings. The molecule has 0 radical (unpaired) electrons. The summed E-state index contributed by atoms with van der Waals surface area (Å²) in [7, 11) is 0. The summed E-state index contributed by atoms with van der Waals surface area (Å²) in [5.41, 5.74) is 3.63. The summed E-state index contributed by atoms with van der Waals surface area (Å²) in [6.07, 6.45) is 0. The fourth-order valence-electron chi connectivity index (χ4n) is 3.29. The molecule has 0 amide bonds. The first-order valence-corrected chi connectivity index (χ1v) is 9.06. The number of ketones is 1. The standard InChI is InChI=1S/C24H21NO2/c1-24(2)16-27-23(25-24)20-15-9-14-19(17-10-5-3-6-11-17)21(20)22(26)18-12-7-4-8-13-18/h3-15H,16H2,1-2H3. The van der Waals surface area contributed by atoms with Crippen molar-refractivity contribution in [3.63, 3.8) is 0 Å². The Labute approximate surface area is 159 Å². The normalized spacial score (nSPS) is 15.1. The van der Waals surface area contributed by atoms with Crippen LogP contribution in [0.15, 0.2) is 83.9 Å². The van der Waals surface area contributed by atoms with Gasteiger partial charge in [-0.05, 0) is 31.0 Å². The van der Waals surface area contributed by atoms with Crippen molar-refractivity contribution in [3.8, 4) is 11.1 Å². The van der Waals surface area contributed by atoms with Crippen molar-refractivity contribution in [2.24, 2.45) is 4.99 Å². The number of rotatable bonds is 4. The molecule has 27 heavy (non-hydrogen) atoms. The first kappa shape index (κ1) is 17.2. The SMILES string of the molecule is CC1(C)COC(c2cccc(-c3ccccc3)c2C(=O)c2ccccc2)=N1. The molecular formula is C24H21NO2. The lowest BCUT2D eigenvalue weighted by Gasteiger charge is -2.14. The van der Waals surface area contributed by atoms with E-state index in [0.717, 1.165) is 16.7 Å². The van der Waals surface area contributed by atoms with Crippen LogP contribution in [0.4, 0.5) is 0 Å². The van der Waals surface area contributed by atoms with E-state index in [1.165, 1.54) is 0 Å². The maximum atomic E-state index is 13.5. The van der Waals surface area contributed by atoms with Gasteiger partial charge in [-0.1, -0.05) is 72.8 Å². The number of carbonyl (C=O) groups is 1. The van der Waals surface area contributed by atoms with E-state index in [4.69, 9.17) is 9.73 Å². The molecule has 1 aliphatic heterocycles. The molecule has 0 N–H and O–H groups in total. The van der Waals surface area contributed by atoms with Crippen LogP contribution in [0.1, 0.15) is 35.3 Å². The third-order valence-corrected chi connectivity index (χ3v) is 4.61. The average Bonchev–Trinajstić information content (AvgIpc) is 3.08. The summed E-state index contributed by atoms with van der Waals surface area (Å²) >= 11 is 0. The summed E-state index contributed by atoms with van der Waals surface area (Å²) in [4.78, 5) is 18.2. The van der Waals surface area contributed by atoms with Crippen LogP contribution in [0.5, 0.6) is 0 Å². The Morgan fingerprint density at radius 3 is 2.11 bits per heavy atom. The second-order valence-electron chi connectivity index (χ2n) is 7.31. The molecule has 3 nitrogen and oxygen atoms in total. The van der Waals surface area contributed by atoms with Crippen molar-refractivity contribution in [3.05, 3.63) is 95.6 Å². The van der Waals surface area contributed by atoms with E-state index < -0.39 is 0 Å². The Kier molecular flexibility index (Phi) is 4.36. The highest BCUT2D eigenvalue weighted by Crippen LogP contribution is 2.31. The molecule has 0 unspecified atom stereocenters. The van der Waals surface area contributed by atoms with E-state index >= 15 is 0 Å². The minimum atomic E-state index is -0.287. The van der Waals surface area contributed by atoms with E-state index in [9.17, 15) is 4.79 Å². The molecule has 0 spiro atoms. The summed E-state index contributed by atoms with van der Waals surface area (Å²) in [6, 6.07) is 25.2.